The van der Waals surface area contributed by atoms with Gasteiger partial charge in [-0.1, -0.05) is 24.3 Å². The maximum atomic E-state index is 13.4. The molecule has 15 heteroatoms. The molecule has 0 aliphatic carbocycles. The Labute approximate surface area is 239 Å². The summed E-state index contributed by atoms with van der Waals surface area (Å²) < 4.78 is 49.2. The molecule has 0 radical (unpaired) electrons. The van der Waals surface area contributed by atoms with Gasteiger partial charge in [-0.05, 0) is 23.3 Å². The first-order valence-electron chi connectivity index (χ1n) is 12.7. The van der Waals surface area contributed by atoms with Gasteiger partial charge >= 0.3 is 6.18 Å². The molecule has 5 heterocycles. The topological polar surface area (TPSA) is 142 Å². The third kappa shape index (κ3) is 5.37. The van der Waals surface area contributed by atoms with Crippen molar-refractivity contribution in [2.45, 2.75) is 25.3 Å². The number of hydrogen-bond acceptors (Lipinski definition) is 9. The summed E-state index contributed by atoms with van der Waals surface area (Å²) in [5, 5.41) is 10.4. The van der Waals surface area contributed by atoms with Crippen molar-refractivity contribution in [2.24, 2.45) is 7.05 Å². The number of aromatic nitrogens is 5. The molecule has 0 fully saturated rings. The van der Waals surface area contributed by atoms with E-state index in [0.29, 0.717) is 16.9 Å². The van der Waals surface area contributed by atoms with E-state index in [2.05, 4.69) is 25.7 Å². The fourth-order valence-electron chi connectivity index (χ4n) is 4.67. The number of carbonyl (C=O) groups excluding carboxylic acids is 1. The third-order valence-corrected chi connectivity index (χ3v) is 7.77. The second-order valence-electron chi connectivity index (χ2n) is 9.69. The molecule has 1 amide bonds. The number of nitrogens with one attached hydrogen (secondary N) is 2. The van der Waals surface area contributed by atoms with E-state index in [0.717, 1.165) is 19.6 Å². The van der Waals surface area contributed by atoms with Gasteiger partial charge in [-0.25, -0.2) is 9.97 Å². The van der Waals surface area contributed by atoms with E-state index < -0.39 is 23.5 Å². The summed E-state index contributed by atoms with van der Waals surface area (Å²) >= 11 is 1.49. The fourth-order valence-corrected chi connectivity index (χ4v) is 5.69. The monoisotopic (exact) mass is 596 g/mol. The first kappa shape index (κ1) is 27.3. The number of nitrogen functional groups attached to an aromatic ring is 1. The molecule has 216 valence electrons. The summed E-state index contributed by atoms with van der Waals surface area (Å²) in [5.74, 6) is 0.139. The van der Waals surface area contributed by atoms with Crippen LogP contribution in [0.15, 0.2) is 59.9 Å². The number of aryl methyl sites for hydroxylation is 1. The Bertz CT molecular complexity index is 1860. The number of thiophene rings is 1. The Balaban J connectivity index is 1.14. The van der Waals surface area contributed by atoms with Gasteiger partial charge < -0.3 is 21.1 Å². The SMILES string of the molecule is Cn1cc(-c2ccc([C@@H]3COc4ncn(CC(=O)NCc5cc6cnc(N)cc6s5)c(=O)c4N3)cc2)c(C(F)(F)F)n1. The number of benzene rings is 1. The Kier molecular flexibility index (Phi) is 6.80. The fraction of sp³-hybridized carbons (Fsp3) is 0.222. The van der Waals surface area contributed by atoms with E-state index in [-0.39, 0.29) is 42.7 Å². The quantitative estimate of drug-likeness (QED) is 0.269. The van der Waals surface area contributed by atoms with Gasteiger partial charge in [0.05, 0.1) is 12.6 Å². The number of rotatable bonds is 6. The van der Waals surface area contributed by atoms with Crippen LogP contribution in [-0.2, 0) is 31.1 Å². The molecule has 1 atom stereocenters. The lowest BCUT2D eigenvalue weighted by atomic mass is 10.0. The number of pyridine rings is 1. The summed E-state index contributed by atoms with van der Waals surface area (Å²) in [6, 6.07) is 9.66. The van der Waals surface area contributed by atoms with Gasteiger partial charge in [0, 0.05) is 40.0 Å². The summed E-state index contributed by atoms with van der Waals surface area (Å²) in [4.78, 5) is 35.0. The normalized spacial score (nSPS) is 14.7. The maximum absolute atomic E-state index is 13.4. The highest BCUT2D eigenvalue weighted by Crippen LogP contribution is 2.37. The number of carbonyl (C=O) groups is 1. The van der Waals surface area contributed by atoms with Crippen LogP contribution in [0.1, 0.15) is 22.2 Å². The molecule has 0 spiro atoms. The van der Waals surface area contributed by atoms with Crippen molar-refractivity contribution in [1.82, 2.24) is 29.6 Å². The van der Waals surface area contributed by atoms with Crippen LogP contribution in [0.3, 0.4) is 0 Å². The van der Waals surface area contributed by atoms with E-state index in [9.17, 15) is 22.8 Å². The molecule has 42 heavy (non-hydrogen) atoms. The molecule has 1 aromatic carbocycles. The Morgan fingerprint density at radius 1 is 1.24 bits per heavy atom. The standard InChI is InChI=1S/C27H23F3N8O3S/c1-37-10-18(24(36-37)27(28,29)30)14-2-4-15(5-3-14)19-12-41-25-23(35-19)26(40)38(13-34-25)11-22(39)33-9-17-6-16-8-32-21(31)7-20(16)42-17/h2-8,10,13,19,35H,9,11-12H2,1H3,(H2,31,32)(H,33,39)/t19-/m0/s1. The Morgan fingerprint density at radius 3 is 2.79 bits per heavy atom. The maximum Gasteiger partial charge on any atom is 0.435 e. The summed E-state index contributed by atoms with van der Waals surface area (Å²) in [6.45, 7) is 0.153. The predicted molar refractivity (Wildman–Crippen MR) is 150 cm³/mol. The molecule has 0 saturated heterocycles. The van der Waals surface area contributed by atoms with Crippen LogP contribution in [0.5, 0.6) is 5.88 Å². The number of fused-ring (bicyclic) bond motifs is 2. The van der Waals surface area contributed by atoms with E-state index >= 15 is 0 Å². The highest BCUT2D eigenvalue weighted by molar-refractivity contribution is 7.19. The van der Waals surface area contributed by atoms with E-state index in [1.165, 1.54) is 35.5 Å². The predicted octanol–water partition coefficient (Wildman–Crippen LogP) is 3.72. The molecular formula is C27H23F3N8O3S. The first-order valence-corrected chi connectivity index (χ1v) is 13.5. The number of nitrogens with two attached hydrogens (primary N) is 1. The van der Waals surface area contributed by atoms with Crippen LogP contribution in [0.4, 0.5) is 24.7 Å². The summed E-state index contributed by atoms with van der Waals surface area (Å²) in [7, 11) is 1.43. The van der Waals surface area contributed by atoms with Crippen molar-refractivity contribution in [3.8, 4) is 17.0 Å². The summed E-state index contributed by atoms with van der Waals surface area (Å²) in [5.41, 5.74) is 5.36. The van der Waals surface area contributed by atoms with Gasteiger partial charge in [-0.2, -0.15) is 18.3 Å². The zero-order valence-electron chi connectivity index (χ0n) is 22.0. The highest BCUT2D eigenvalue weighted by atomic mass is 32.1. The minimum atomic E-state index is -4.59. The van der Waals surface area contributed by atoms with Crippen molar-refractivity contribution < 1.29 is 22.7 Å². The average molecular weight is 597 g/mol. The highest BCUT2D eigenvalue weighted by Gasteiger charge is 2.37. The van der Waals surface area contributed by atoms with Crippen LogP contribution in [0, 0.1) is 0 Å². The second-order valence-corrected chi connectivity index (χ2v) is 10.9. The van der Waals surface area contributed by atoms with Gasteiger partial charge in [0.1, 0.15) is 25.3 Å². The van der Waals surface area contributed by atoms with Gasteiger partial charge in [0.2, 0.25) is 11.8 Å². The zero-order valence-corrected chi connectivity index (χ0v) is 22.8. The lowest BCUT2D eigenvalue weighted by Gasteiger charge is -2.27. The molecule has 4 N–H and O–H groups in total. The van der Waals surface area contributed by atoms with Crippen molar-refractivity contribution >= 4 is 38.8 Å². The number of hydrogen-bond donors (Lipinski definition) is 3. The molecule has 0 unspecified atom stereocenters. The van der Waals surface area contributed by atoms with Gasteiger partial charge in [-0.3, -0.25) is 18.8 Å². The number of nitrogens with zero attached hydrogens (tertiary/aromatic N) is 5. The number of anilines is 2. The molecule has 4 aromatic heterocycles. The van der Waals surface area contributed by atoms with Crippen molar-refractivity contribution in [3.63, 3.8) is 0 Å². The molecular weight excluding hydrogens is 573 g/mol. The Morgan fingerprint density at radius 2 is 2.02 bits per heavy atom. The van der Waals surface area contributed by atoms with Gasteiger partial charge in [0.15, 0.2) is 11.4 Å². The smallest absolute Gasteiger partial charge is 0.435 e. The molecule has 1 aliphatic heterocycles. The van der Waals surface area contributed by atoms with Crippen LogP contribution >= 0.6 is 11.3 Å². The van der Waals surface area contributed by atoms with Crippen molar-refractivity contribution in [3.05, 3.63) is 81.6 Å². The minimum absolute atomic E-state index is 0.0332. The number of amides is 1. The van der Waals surface area contributed by atoms with Gasteiger partial charge in [0.25, 0.3) is 5.56 Å². The second kappa shape index (κ2) is 10.5. The number of alkyl halides is 3. The number of ether oxygens (including phenoxy) is 1. The van der Waals surface area contributed by atoms with Crippen molar-refractivity contribution in [2.75, 3.05) is 17.7 Å². The first-order chi connectivity index (χ1) is 20.0. The largest absolute Gasteiger partial charge is 0.473 e. The molecule has 0 saturated carbocycles. The van der Waals surface area contributed by atoms with E-state index in [1.54, 1.807) is 36.5 Å². The lowest BCUT2D eigenvalue weighted by Crippen LogP contribution is -2.36. The van der Waals surface area contributed by atoms with Crippen LogP contribution in [0.25, 0.3) is 21.2 Å². The average Bonchev–Trinajstić information content (AvgIpc) is 3.56. The van der Waals surface area contributed by atoms with Gasteiger partial charge in [-0.15, -0.1) is 11.3 Å². The number of halogens is 3. The molecule has 0 bridgehead atoms. The molecule has 5 aromatic rings. The zero-order chi connectivity index (χ0) is 29.6. The third-order valence-electron chi connectivity index (χ3n) is 6.68. The van der Waals surface area contributed by atoms with Crippen LogP contribution in [-0.4, -0.2) is 36.8 Å². The van der Waals surface area contributed by atoms with Crippen LogP contribution < -0.4 is 26.7 Å². The van der Waals surface area contributed by atoms with E-state index in [1.807, 2.05) is 6.07 Å². The molecule has 11 nitrogen and oxygen atoms in total. The van der Waals surface area contributed by atoms with Crippen molar-refractivity contribution in [1.29, 1.82) is 0 Å². The Hall–Kier alpha value is -4.92. The minimum Gasteiger partial charge on any atom is -0.473 e. The lowest BCUT2D eigenvalue weighted by molar-refractivity contribution is -0.141. The van der Waals surface area contributed by atoms with Crippen LogP contribution in [0.2, 0.25) is 0 Å². The van der Waals surface area contributed by atoms with E-state index in [4.69, 9.17) is 10.5 Å². The summed E-state index contributed by atoms with van der Waals surface area (Å²) in [6.07, 6.45) is -0.354. The molecule has 1 aliphatic rings. The molecule has 6 rings (SSSR count).